The Kier molecular flexibility index (Phi) is 6.34. The van der Waals surface area contributed by atoms with Gasteiger partial charge in [0.15, 0.2) is 0 Å². The predicted molar refractivity (Wildman–Crippen MR) is 97.5 cm³/mol. The van der Waals surface area contributed by atoms with E-state index in [0.717, 1.165) is 38.2 Å². The van der Waals surface area contributed by atoms with Crippen molar-refractivity contribution in [2.45, 2.75) is 44.9 Å². The van der Waals surface area contributed by atoms with Crippen molar-refractivity contribution < 1.29 is 5.11 Å². The molecule has 0 aliphatic carbocycles. The molecular weight excluding hydrogens is 320 g/mol. The molecule has 2 aromatic heterocycles. The Labute approximate surface area is 147 Å². The Balaban J connectivity index is 1.71. The molecule has 2 unspecified atom stereocenters. The van der Waals surface area contributed by atoms with E-state index in [0.29, 0.717) is 6.04 Å². The molecule has 3 heterocycles. The highest BCUT2D eigenvalue weighted by molar-refractivity contribution is 7.12. The van der Waals surface area contributed by atoms with E-state index in [9.17, 15) is 5.11 Å². The van der Waals surface area contributed by atoms with Gasteiger partial charge in [-0.2, -0.15) is 0 Å². The number of hydrogen-bond donors (Lipinski definition) is 3. The van der Waals surface area contributed by atoms with Gasteiger partial charge in [0, 0.05) is 41.6 Å². The second kappa shape index (κ2) is 8.69. The van der Waals surface area contributed by atoms with Crippen molar-refractivity contribution in [3.8, 4) is 0 Å². The third-order valence-electron chi connectivity index (χ3n) is 4.51. The molecule has 2 atom stereocenters. The molecule has 0 amide bonds. The third kappa shape index (κ3) is 4.40. The van der Waals surface area contributed by atoms with Gasteiger partial charge in [0.1, 0.15) is 0 Å². The summed E-state index contributed by atoms with van der Waals surface area (Å²) in [7, 11) is 0. The number of nitrogens with zero attached hydrogens (tertiary/aromatic N) is 2. The SMILES string of the molecule is CCC(CO)N(Cc1ccccn1)Cc1ccc(C2CCNN2)s1. The molecule has 1 aliphatic rings. The monoisotopic (exact) mass is 346 g/mol. The van der Waals surface area contributed by atoms with Gasteiger partial charge >= 0.3 is 0 Å². The van der Waals surface area contributed by atoms with Crippen molar-refractivity contribution in [2.75, 3.05) is 13.2 Å². The molecule has 6 heteroatoms. The highest BCUT2D eigenvalue weighted by atomic mass is 32.1. The Hall–Kier alpha value is -1.31. The van der Waals surface area contributed by atoms with Crippen molar-refractivity contribution in [2.24, 2.45) is 0 Å². The number of hydrazine groups is 1. The fourth-order valence-electron chi connectivity index (χ4n) is 3.08. The van der Waals surface area contributed by atoms with Gasteiger partial charge in [-0.15, -0.1) is 11.3 Å². The van der Waals surface area contributed by atoms with Crippen molar-refractivity contribution in [3.63, 3.8) is 0 Å². The summed E-state index contributed by atoms with van der Waals surface area (Å²) in [5, 5.41) is 9.75. The number of aromatic nitrogens is 1. The van der Waals surface area contributed by atoms with E-state index >= 15 is 0 Å². The van der Waals surface area contributed by atoms with Gasteiger partial charge < -0.3 is 5.11 Å². The maximum Gasteiger partial charge on any atom is 0.0587 e. The third-order valence-corrected chi connectivity index (χ3v) is 5.69. The Morgan fingerprint density at radius 2 is 2.25 bits per heavy atom. The molecule has 0 radical (unpaired) electrons. The van der Waals surface area contributed by atoms with E-state index in [1.54, 1.807) is 0 Å². The minimum Gasteiger partial charge on any atom is -0.395 e. The summed E-state index contributed by atoms with van der Waals surface area (Å²) in [4.78, 5) is 9.49. The van der Waals surface area contributed by atoms with Crippen LogP contribution in [0.15, 0.2) is 36.5 Å². The highest BCUT2D eigenvalue weighted by Crippen LogP contribution is 2.28. The minimum absolute atomic E-state index is 0.156. The quantitative estimate of drug-likeness (QED) is 0.685. The van der Waals surface area contributed by atoms with E-state index in [-0.39, 0.29) is 12.6 Å². The van der Waals surface area contributed by atoms with Crippen LogP contribution < -0.4 is 10.9 Å². The molecule has 5 nitrogen and oxygen atoms in total. The predicted octanol–water partition coefficient (Wildman–Crippen LogP) is 2.46. The van der Waals surface area contributed by atoms with Crippen molar-refractivity contribution in [1.82, 2.24) is 20.7 Å². The molecule has 3 rings (SSSR count). The first-order valence-corrected chi connectivity index (χ1v) is 9.43. The van der Waals surface area contributed by atoms with Crippen LogP contribution in [0.2, 0.25) is 0 Å². The van der Waals surface area contributed by atoms with Crippen LogP contribution in [0.3, 0.4) is 0 Å². The zero-order valence-electron chi connectivity index (χ0n) is 14.1. The summed E-state index contributed by atoms with van der Waals surface area (Å²) in [5.74, 6) is 0. The smallest absolute Gasteiger partial charge is 0.0587 e. The highest BCUT2D eigenvalue weighted by Gasteiger charge is 2.21. The number of rotatable bonds is 8. The summed E-state index contributed by atoms with van der Waals surface area (Å²) in [5.41, 5.74) is 7.56. The maximum atomic E-state index is 9.75. The summed E-state index contributed by atoms with van der Waals surface area (Å²) in [6.45, 7) is 4.93. The first-order chi connectivity index (χ1) is 11.8. The molecule has 0 spiro atoms. The molecule has 2 aromatic rings. The molecule has 3 N–H and O–H groups in total. The normalized spacial score (nSPS) is 19.0. The summed E-state index contributed by atoms with van der Waals surface area (Å²) in [6.07, 6.45) is 3.89. The number of aliphatic hydroxyl groups is 1. The average Bonchev–Trinajstić information content (AvgIpc) is 3.28. The van der Waals surface area contributed by atoms with E-state index in [2.05, 4.69) is 39.8 Å². The molecule has 0 bridgehead atoms. The molecule has 1 fully saturated rings. The lowest BCUT2D eigenvalue weighted by atomic mass is 10.1. The zero-order valence-corrected chi connectivity index (χ0v) is 14.9. The molecule has 0 saturated carbocycles. The van der Waals surface area contributed by atoms with Gasteiger partial charge in [0.25, 0.3) is 0 Å². The van der Waals surface area contributed by atoms with Gasteiger partial charge in [-0.25, -0.2) is 5.43 Å². The van der Waals surface area contributed by atoms with E-state index in [1.807, 2.05) is 35.7 Å². The largest absolute Gasteiger partial charge is 0.395 e. The summed E-state index contributed by atoms with van der Waals surface area (Å²) in [6, 6.07) is 11.0. The molecular formula is C18H26N4OS. The summed E-state index contributed by atoms with van der Waals surface area (Å²) >= 11 is 1.86. The lowest BCUT2D eigenvalue weighted by Gasteiger charge is -2.29. The van der Waals surface area contributed by atoms with Crippen LogP contribution in [0.4, 0.5) is 0 Å². The molecule has 1 saturated heterocycles. The number of pyridine rings is 1. The van der Waals surface area contributed by atoms with Crippen LogP contribution in [0.5, 0.6) is 0 Å². The lowest BCUT2D eigenvalue weighted by molar-refractivity contribution is 0.106. The van der Waals surface area contributed by atoms with E-state index in [4.69, 9.17) is 0 Å². The van der Waals surface area contributed by atoms with Crippen molar-refractivity contribution in [3.05, 3.63) is 52.0 Å². The van der Waals surface area contributed by atoms with Crippen LogP contribution >= 0.6 is 11.3 Å². The Bertz CT molecular complexity index is 608. The second-order valence-electron chi connectivity index (χ2n) is 6.19. The van der Waals surface area contributed by atoms with E-state index < -0.39 is 0 Å². The fraction of sp³-hybridized carbons (Fsp3) is 0.500. The maximum absolute atomic E-state index is 9.75. The molecule has 130 valence electrons. The minimum atomic E-state index is 0.156. The second-order valence-corrected chi connectivity index (χ2v) is 7.39. The van der Waals surface area contributed by atoms with Gasteiger partial charge in [-0.05, 0) is 37.1 Å². The summed E-state index contributed by atoms with van der Waals surface area (Å²) < 4.78 is 0. The van der Waals surface area contributed by atoms with Crippen LogP contribution in [0.1, 0.15) is 41.3 Å². The van der Waals surface area contributed by atoms with Crippen LogP contribution in [-0.4, -0.2) is 34.2 Å². The number of thiophene rings is 1. The number of aliphatic hydroxyl groups excluding tert-OH is 1. The molecule has 0 aromatic carbocycles. The van der Waals surface area contributed by atoms with Crippen molar-refractivity contribution >= 4 is 11.3 Å². The average molecular weight is 347 g/mol. The van der Waals surface area contributed by atoms with Gasteiger partial charge in [0.05, 0.1) is 18.3 Å². The van der Waals surface area contributed by atoms with Gasteiger partial charge in [-0.1, -0.05) is 13.0 Å². The molecule has 24 heavy (non-hydrogen) atoms. The van der Waals surface area contributed by atoms with Crippen LogP contribution in [-0.2, 0) is 13.1 Å². The number of nitrogens with one attached hydrogen (secondary N) is 2. The van der Waals surface area contributed by atoms with E-state index in [1.165, 1.54) is 9.75 Å². The zero-order chi connectivity index (χ0) is 16.8. The van der Waals surface area contributed by atoms with Gasteiger partial charge in [0.2, 0.25) is 0 Å². The Morgan fingerprint density at radius 3 is 2.92 bits per heavy atom. The standard InChI is InChI=1S/C18H26N4OS/c1-2-15(13-23)22(11-14-5-3-4-9-19-14)12-16-6-7-18(24-16)17-8-10-20-21-17/h3-7,9,15,17,20-21,23H,2,8,10-13H2,1H3. The first-order valence-electron chi connectivity index (χ1n) is 8.62. The number of hydrogen-bond acceptors (Lipinski definition) is 6. The van der Waals surface area contributed by atoms with Crippen LogP contribution in [0.25, 0.3) is 0 Å². The van der Waals surface area contributed by atoms with Gasteiger partial charge in [-0.3, -0.25) is 15.3 Å². The first kappa shape index (κ1) is 17.5. The topological polar surface area (TPSA) is 60.4 Å². The van der Waals surface area contributed by atoms with Crippen molar-refractivity contribution in [1.29, 1.82) is 0 Å². The lowest BCUT2D eigenvalue weighted by Crippen LogP contribution is -2.36. The Morgan fingerprint density at radius 1 is 1.33 bits per heavy atom. The molecule has 1 aliphatic heterocycles. The fourth-order valence-corrected chi connectivity index (χ4v) is 4.21. The van der Waals surface area contributed by atoms with Crippen LogP contribution in [0, 0.1) is 0 Å².